The maximum atomic E-state index is 13.0. The number of hydrogen-bond acceptors (Lipinski definition) is 5. The monoisotopic (exact) mass is 421 g/mol. The van der Waals surface area contributed by atoms with Crippen LogP contribution >= 0.6 is 0 Å². The Kier molecular flexibility index (Phi) is 4.57. The zero-order chi connectivity index (χ0) is 20.4. The third kappa shape index (κ3) is 3.51. The minimum absolute atomic E-state index is 0.0547. The lowest BCUT2D eigenvalue weighted by molar-refractivity contribution is -0.133. The molecule has 1 N–H and O–H groups in total. The van der Waals surface area contributed by atoms with Crippen LogP contribution in [0.25, 0.3) is 0 Å². The van der Waals surface area contributed by atoms with E-state index in [-0.39, 0.29) is 41.2 Å². The number of hydrogen-bond donors (Lipinski definition) is 1. The molecule has 29 heavy (non-hydrogen) atoms. The predicted octanol–water partition coefficient (Wildman–Crippen LogP) is 1.87. The average molecular weight is 422 g/mol. The van der Waals surface area contributed by atoms with Gasteiger partial charge in [-0.25, -0.2) is 13.4 Å². The molecule has 8 heteroatoms. The van der Waals surface area contributed by atoms with Gasteiger partial charge in [-0.05, 0) is 75.0 Å². The summed E-state index contributed by atoms with van der Waals surface area (Å²) in [6, 6.07) is -0.333. The van der Waals surface area contributed by atoms with Gasteiger partial charge in [0.05, 0.1) is 17.5 Å². The lowest BCUT2D eigenvalue weighted by atomic mass is 9.48. The molecule has 2 amide bonds. The molecule has 1 saturated heterocycles. The topological polar surface area (TPSA) is 95.9 Å². The van der Waals surface area contributed by atoms with Gasteiger partial charge in [0.25, 0.3) is 5.91 Å². The molecule has 0 aromatic heterocycles. The van der Waals surface area contributed by atoms with Crippen molar-refractivity contribution < 1.29 is 18.0 Å². The van der Waals surface area contributed by atoms with Crippen molar-refractivity contribution in [3.05, 3.63) is 0 Å². The summed E-state index contributed by atoms with van der Waals surface area (Å²) in [5.74, 6) is 2.13. The van der Waals surface area contributed by atoms with Gasteiger partial charge in [-0.1, -0.05) is 0 Å². The molecule has 7 nitrogen and oxygen atoms in total. The van der Waals surface area contributed by atoms with E-state index in [1.54, 1.807) is 0 Å². The molecular formula is C21H31N3O4S. The molecule has 5 fully saturated rings. The molecule has 4 aliphatic carbocycles. The smallest absolute Gasteiger partial charge is 0.267 e. The maximum absolute atomic E-state index is 13.0. The second kappa shape index (κ2) is 6.79. The third-order valence-corrected chi connectivity index (χ3v) is 9.98. The van der Waals surface area contributed by atoms with Crippen molar-refractivity contribution in [2.24, 2.45) is 28.3 Å². The Hall–Kier alpha value is -1.44. The molecule has 0 spiro atoms. The number of carbonyl (C=O) groups excluding carboxylic acids is 2. The van der Waals surface area contributed by atoms with E-state index < -0.39 is 15.9 Å². The summed E-state index contributed by atoms with van der Waals surface area (Å²) in [6.07, 6.45) is 8.71. The summed E-state index contributed by atoms with van der Waals surface area (Å²) in [4.78, 5) is 25.3. The summed E-state index contributed by atoms with van der Waals surface area (Å²) in [5, 5.41) is 8.83. The van der Waals surface area contributed by atoms with Gasteiger partial charge < -0.3 is 5.32 Å². The van der Waals surface area contributed by atoms with Gasteiger partial charge in [0, 0.05) is 18.9 Å². The van der Waals surface area contributed by atoms with Crippen molar-refractivity contribution in [1.29, 1.82) is 0 Å². The molecule has 0 aromatic rings. The predicted molar refractivity (Wildman–Crippen MR) is 109 cm³/mol. The highest BCUT2D eigenvalue weighted by Crippen LogP contribution is 2.61. The van der Waals surface area contributed by atoms with Crippen LogP contribution in [0, 0.1) is 23.2 Å². The molecule has 4 saturated carbocycles. The summed E-state index contributed by atoms with van der Waals surface area (Å²) >= 11 is 0. The fraction of sp³-hybridized carbons (Fsp3) is 0.857. The molecule has 4 bridgehead atoms. The van der Waals surface area contributed by atoms with Crippen LogP contribution in [0.15, 0.2) is 5.10 Å². The van der Waals surface area contributed by atoms with Crippen molar-refractivity contribution in [1.82, 2.24) is 10.3 Å². The Morgan fingerprint density at radius 1 is 1.14 bits per heavy atom. The van der Waals surface area contributed by atoms with E-state index in [1.807, 2.05) is 0 Å². The Morgan fingerprint density at radius 2 is 1.76 bits per heavy atom. The molecule has 0 radical (unpaired) electrons. The standard InChI is InChI=1S/C21H31N3O4S/c1-13(21-9-14-6-15(10-21)8-16(7-14)11-21)22-20(26)18-2-3-19(25)24(23-18)17-4-5-29(27,28)12-17/h13-17H,2-12H2,1H3,(H,22,26). The van der Waals surface area contributed by atoms with Crippen LogP contribution in [0.2, 0.25) is 0 Å². The van der Waals surface area contributed by atoms with E-state index >= 15 is 0 Å². The minimum atomic E-state index is -3.11. The largest absolute Gasteiger partial charge is 0.348 e. The van der Waals surface area contributed by atoms with E-state index in [2.05, 4.69) is 17.3 Å². The van der Waals surface area contributed by atoms with Crippen molar-refractivity contribution in [3.63, 3.8) is 0 Å². The van der Waals surface area contributed by atoms with E-state index in [9.17, 15) is 18.0 Å². The molecule has 2 aliphatic heterocycles. The minimum Gasteiger partial charge on any atom is -0.348 e. The quantitative estimate of drug-likeness (QED) is 0.750. The van der Waals surface area contributed by atoms with Gasteiger partial charge in [0.15, 0.2) is 9.84 Å². The second-order valence-corrected chi connectivity index (χ2v) is 12.5. The average Bonchev–Trinajstić information content (AvgIpc) is 3.00. The first kappa shape index (κ1) is 19.5. The third-order valence-electron chi connectivity index (χ3n) is 8.23. The SMILES string of the molecule is CC(NC(=O)C1=NN(C2CCS(=O)(=O)C2)C(=O)CC1)C12CC3CC(CC(C3)C1)C2. The van der Waals surface area contributed by atoms with Gasteiger partial charge in [-0.3, -0.25) is 9.59 Å². The van der Waals surface area contributed by atoms with Gasteiger partial charge in [-0.15, -0.1) is 0 Å². The first-order valence-corrected chi connectivity index (χ1v) is 13.0. The van der Waals surface area contributed by atoms with Gasteiger partial charge in [0.1, 0.15) is 5.71 Å². The zero-order valence-electron chi connectivity index (χ0n) is 17.1. The molecule has 0 aromatic carbocycles. The van der Waals surface area contributed by atoms with Gasteiger partial charge in [-0.2, -0.15) is 5.10 Å². The van der Waals surface area contributed by atoms with E-state index in [0.717, 1.165) is 17.8 Å². The van der Waals surface area contributed by atoms with E-state index in [1.165, 1.54) is 43.5 Å². The van der Waals surface area contributed by atoms with Crippen LogP contribution < -0.4 is 5.32 Å². The Morgan fingerprint density at radius 3 is 2.31 bits per heavy atom. The maximum Gasteiger partial charge on any atom is 0.267 e. The Bertz CT molecular complexity index is 830. The van der Waals surface area contributed by atoms with E-state index in [4.69, 9.17) is 0 Å². The van der Waals surface area contributed by atoms with Crippen LogP contribution in [-0.4, -0.2) is 54.5 Å². The first-order chi connectivity index (χ1) is 13.7. The van der Waals surface area contributed by atoms with Crippen LogP contribution in [0.3, 0.4) is 0 Å². The number of rotatable bonds is 4. The number of sulfone groups is 1. The second-order valence-electron chi connectivity index (χ2n) is 10.3. The zero-order valence-corrected chi connectivity index (χ0v) is 17.9. The molecule has 6 rings (SSSR count). The van der Waals surface area contributed by atoms with Crippen LogP contribution in [0.5, 0.6) is 0 Å². The van der Waals surface area contributed by atoms with Gasteiger partial charge >= 0.3 is 0 Å². The highest BCUT2D eigenvalue weighted by molar-refractivity contribution is 7.91. The van der Waals surface area contributed by atoms with Crippen molar-refractivity contribution in [2.75, 3.05) is 11.5 Å². The number of amides is 2. The fourth-order valence-electron chi connectivity index (χ4n) is 7.13. The number of nitrogens with zero attached hydrogens (tertiary/aromatic N) is 2. The summed E-state index contributed by atoms with van der Waals surface area (Å²) in [6.45, 7) is 2.14. The first-order valence-electron chi connectivity index (χ1n) is 11.1. The lowest BCUT2D eigenvalue weighted by Gasteiger charge is -2.59. The molecule has 2 atom stereocenters. The summed E-state index contributed by atoms with van der Waals surface area (Å²) in [7, 11) is -3.11. The number of hydrazone groups is 1. The van der Waals surface area contributed by atoms with Crippen molar-refractivity contribution >= 4 is 27.4 Å². The number of nitrogens with one attached hydrogen (secondary N) is 1. The van der Waals surface area contributed by atoms with Gasteiger partial charge in [0.2, 0.25) is 5.91 Å². The van der Waals surface area contributed by atoms with Crippen LogP contribution in [0.4, 0.5) is 0 Å². The van der Waals surface area contributed by atoms with Crippen molar-refractivity contribution in [3.8, 4) is 0 Å². The van der Waals surface area contributed by atoms with Crippen LogP contribution in [0.1, 0.15) is 64.7 Å². The fourth-order valence-corrected chi connectivity index (χ4v) is 8.82. The summed E-state index contributed by atoms with van der Waals surface area (Å²) in [5.41, 5.74) is 0.583. The molecule has 2 heterocycles. The number of carbonyl (C=O) groups is 2. The summed E-state index contributed by atoms with van der Waals surface area (Å²) < 4.78 is 23.6. The molecular weight excluding hydrogens is 390 g/mol. The molecule has 2 unspecified atom stereocenters. The van der Waals surface area contributed by atoms with E-state index in [0.29, 0.717) is 18.6 Å². The van der Waals surface area contributed by atoms with Crippen LogP contribution in [-0.2, 0) is 19.4 Å². The lowest BCUT2D eigenvalue weighted by Crippen LogP contribution is -2.57. The normalized spacial score (nSPS) is 41.3. The Balaban J connectivity index is 1.29. The Labute approximate surface area is 172 Å². The highest BCUT2D eigenvalue weighted by atomic mass is 32.2. The van der Waals surface area contributed by atoms with Crippen molar-refractivity contribution in [2.45, 2.75) is 76.8 Å². The molecule has 160 valence electrons. The molecule has 6 aliphatic rings. The highest BCUT2D eigenvalue weighted by Gasteiger charge is 2.53.